The molecule has 54 heavy (non-hydrogen) atoms. The highest BCUT2D eigenvalue weighted by molar-refractivity contribution is 6.34. The summed E-state index contributed by atoms with van der Waals surface area (Å²) in [5.74, 6) is 1.71. The van der Waals surface area contributed by atoms with E-state index in [1.54, 1.807) is 0 Å². The van der Waals surface area contributed by atoms with Gasteiger partial charge in [-0.25, -0.2) is 20.0 Å². The molecule has 8 bridgehead atoms. The van der Waals surface area contributed by atoms with E-state index in [2.05, 4.69) is 90.9 Å². The summed E-state index contributed by atoms with van der Waals surface area (Å²) in [6.07, 6.45) is 22.4. The predicted molar refractivity (Wildman–Crippen MR) is 215 cm³/mol. The van der Waals surface area contributed by atoms with Gasteiger partial charge < -0.3 is 52.4 Å². The van der Waals surface area contributed by atoms with Gasteiger partial charge in [0.05, 0.1) is 114 Å². The second-order valence-electron chi connectivity index (χ2n) is 15.5. The van der Waals surface area contributed by atoms with Crippen LogP contribution in [-0.4, -0.2) is 100 Å². The van der Waals surface area contributed by atoms with Crippen LogP contribution < -0.4 is 43.4 Å². The summed E-state index contributed by atoms with van der Waals surface area (Å²) in [7, 11) is 13.2. The highest BCUT2D eigenvalue weighted by Crippen LogP contribution is 2.33. The first-order chi connectivity index (χ1) is 25.0. The lowest BCUT2D eigenvalue weighted by Crippen LogP contribution is -3.00. The van der Waals surface area contributed by atoms with Crippen molar-refractivity contribution in [2.24, 2.45) is 20.0 Å². The lowest BCUT2D eigenvalue weighted by molar-refractivity contribution is -0.870. The number of quaternary nitrogens is 2. The highest BCUT2D eigenvalue weighted by atomic mass is 79.9. The number of allylic oxidation sites excluding steroid dienone is 12. The molecule has 0 atom stereocenters. The Kier molecular flexibility index (Phi) is 13.1. The molecule has 7 rings (SSSR count). The van der Waals surface area contributed by atoms with E-state index < -0.39 is 0 Å². The Bertz CT molecular complexity index is 1970. The number of rotatable bonds is 12. The number of hydrogen-bond acceptors (Lipinski definition) is 6. The van der Waals surface area contributed by atoms with E-state index in [9.17, 15) is 0 Å². The lowest BCUT2D eigenvalue weighted by Gasteiger charge is -2.23. The van der Waals surface area contributed by atoms with Gasteiger partial charge in [-0.15, -0.1) is 0 Å². The first-order valence-electron chi connectivity index (χ1n) is 18.0. The lowest BCUT2D eigenvalue weighted by atomic mass is 9.98. The van der Waals surface area contributed by atoms with Crippen LogP contribution in [0, 0.1) is 0 Å². The normalized spacial score (nSPS) is 17.1. The Morgan fingerprint density at radius 1 is 0.463 bits per heavy atom. The zero-order chi connectivity index (χ0) is 36.3. The molecule has 0 unspecified atom stereocenters. The summed E-state index contributed by atoms with van der Waals surface area (Å²) in [5.41, 5.74) is 10.7. The summed E-state index contributed by atoms with van der Waals surface area (Å²) in [4.78, 5) is 20.3. The van der Waals surface area contributed by atoms with Crippen molar-refractivity contribution in [1.29, 1.82) is 0 Å². The Morgan fingerprint density at radius 3 is 1.22 bits per heavy atom. The maximum Gasteiger partial charge on any atom is 0.119 e. The highest BCUT2D eigenvalue weighted by Gasteiger charge is 2.22. The molecule has 2 aromatic carbocycles. The zero-order valence-electron chi connectivity index (χ0n) is 31.9. The molecule has 0 aliphatic carbocycles. The van der Waals surface area contributed by atoms with Crippen LogP contribution in [0.1, 0.15) is 24.0 Å². The molecule has 0 amide bonds. The van der Waals surface area contributed by atoms with E-state index in [4.69, 9.17) is 29.4 Å². The molecule has 5 heterocycles. The van der Waals surface area contributed by atoms with Gasteiger partial charge in [0.2, 0.25) is 0 Å². The van der Waals surface area contributed by atoms with Crippen molar-refractivity contribution in [2.45, 2.75) is 12.8 Å². The van der Waals surface area contributed by atoms with Crippen molar-refractivity contribution in [3.8, 4) is 11.5 Å². The van der Waals surface area contributed by atoms with Crippen molar-refractivity contribution in [3.05, 3.63) is 143 Å². The smallest absolute Gasteiger partial charge is 0.119 e. The maximum absolute atomic E-state index is 6.07. The molecule has 2 aromatic rings. The van der Waals surface area contributed by atoms with Crippen LogP contribution in [0.5, 0.6) is 11.5 Å². The van der Waals surface area contributed by atoms with Crippen molar-refractivity contribution < 1.29 is 52.4 Å². The standard InChI is InChI=1S/C44H48N6O2.2BrH/c1-49(2,3)25-7-27-51-37-17-9-31(10-18-37)43-39-21-13-33(45-39)29-35-15-23-41(47-35)44(42-24-16-36(48-42)30-34-14-22-40(43)46-34)32-11-19-38(20-12-32)52-28-8-26-50(4,5)6;;/h9-24,29-30H,7-8,25-28H2,1-6H3;2*1H/q+2;;/p-2. The first-order valence-corrected chi connectivity index (χ1v) is 18.0. The fourth-order valence-electron chi connectivity index (χ4n) is 6.44. The van der Waals surface area contributed by atoms with Gasteiger partial charge in [0.25, 0.3) is 0 Å². The largest absolute Gasteiger partial charge is 1.00 e. The van der Waals surface area contributed by atoms with Crippen molar-refractivity contribution in [1.82, 2.24) is 0 Å². The second-order valence-corrected chi connectivity index (χ2v) is 15.5. The molecule has 10 heteroatoms. The fraction of sp³-hybridized carbons (Fsp3) is 0.273. The van der Waals surface area contributed by atoms with Crippen LogP contribution in [0.3, 0.4) is 0 Å². The fourth-order valence-corrected chi connectivity index (χ4v) is 6.44. The van der Waals surface area contributed by atoms with E-state index in [-0.39, 0.29) is 34.0 Å². The second kappa shape index (κ2) is 17.3. The summed E-state index contributed by atoms with van der Waals surface area (Å²) < 4.78 is 14.0. The maximum atomic E-state index is 6.07. The number of halogens is 2. The predicted octanol–water partition coefficient (Wildman–Crippen LogP) is 1.59. The molecule has 0 aromatic heterocycles. The Labute approximate surface area is 340 Å². The molecule has 280 valence electrons. The summed E-state index contributed by atoms with van der Waals surface area (Å²) in [6.45, 7) is 3.49. The number of benzene rings is 2. The van der Waals surface area contributed by atoms with Gasteiger partial charge in [0.1, 0.15) is 11.5 Å². The number of hydrogen-bond donors (Lipinski definition) is 0. The third kappa shape index (κ3) is 10.4. The van der Waals surface area contributed by atoms with Crippen LogP contribution >= 0.6 is 0 Å². The van der Waals surface area contributed by atoms with Gasteiger partial charge in [-0.1, -0.05) is 24.3 Å². The average molecular weight is 853 g/mol. The van der Waals surface area contributed by atoms with Gasteiger partial charge in [-0.05, 0) is 96.2 Å². The molecule has 8 nitrogen and oxygen atoms in total. The topological polar surface area (TPSA) is 67.9 Å². The number of aliphatic imine (C=N–C) groups is 4. The number of nitrogens with zero attached hydrogens (tertiary/aromatic N) is 6. The molecule has 0 spiro atoms. The minimum atomic E-state index is 0. The molecule has 0 saturated carbocycles. The van der Waals surface area contributed by atoms with E-state index >= 15 is 0 Å². The molecule has 5 aliphatic heterocycles. The van der Waals surface area contributed by atoms with Gasteiger partial charge in [-0.3, -0.25) is 0 Å². The average Bonchev–Trinajstić information content (AvgIpc) is 3.93. The molecule has 0 N–H and O–H groups in total. The molecular weight excluding hydrogens is 804 g/mol. The van der Waals surface area contributed by atoms with E-state index in [0.717, 1.165) is 114 Å². The number of ether oxygens (including phenoxy) is 2. The molecular formula is C44H48Br2N6O2. The Balaban J connectivity index is 0.00000280. The molecule has 5 aliphatic rings. The summed E-state index contributed by atoms with van der Waals surface area (Å²) in [6, 6.07) is 16.5. The quantitative estimate of drug-likeness (QED) is 0.241. The monoisotopic (exact) mass is 850 g/mol. The van der Waals surface area contributed by atoms with Crippen LogP contribution in [0.4, 0.5) is 0 Å². The minimum absolute atomic E-state index is 0. The third-order valence-corrected chi connectivity index (χ3v) is 9.03. The van der Waals surface area contributed by atoms with Crippen molar-refractivity contribution in [3.63, 3.8) is 0 Å². The Hall–Kier alpha value is -4.48. The van der Waals surface area contributed by atoms with Crippen LogP contribution in [-0.2, 0) is 0 Å². The summed E-state index contributed by atoms with van der Waals surface area (Å²) >= 11 is 0. The van der Waals surface area contributed by atoms with Gasteiger partial charge in [0.15, 0.2) is 0 Å². The van der Waals surface area contributed by atoms with E-state index in [1.807, 2.05) is 60.7 Å². The third-order valence-electron chi connectivity index (χ3n) is 9.03. The first kappa shape index (κ1) is 40.7. The molecule has 0 saturated heterocycles. The van der Waals surface area contributed by atoms with E-state index in [1.165, 1.54) is 0 Å². The Morgan fingerprint density at radius 2 is 0.852 bits per heavy atom. The van der Waals surface area contributed by atoms with Gasteiger partial charge >= 0.3 is 0 Å². The number of fused-ring (bicyclic) bond motifs is 4. The van der Waals surface area contributed by atoms with Crippen LogP contribution in [0.15, 0.2) is 152 Å². The minimum Gasteiger partial charge on any atom is -1.00 e. The SMILES string of the molecule is C[N+](C)(C)CCCOc1ccc(C2=C3C=CC(=N3)C=C3C=CC(=N3)C(c3ccc(OCCC[N+](C)(C)C)cc3)=C3C=CC(=N3)C=C3C=CC2=N3)cc1.[Br-].[Br-]. The molecule has 0 radical (unpaired) electrons. The van der Waals surface area contributed by atoms with Crippen LogP contribution in [0.25, 0.3) is 11.1 Å². The van der Waals surface area contributed by atoms with Gasteiger partial charge in [0, 0.05) is 24.0 Å². The summed E-state index contributed by atoms with van der Waals surface area (Å²) in [5, 5.41) is 0. The van der Waals surface area contributed by atoms with Crippen molar-refractivity contribution >= 4 is 34.0 Å². The van der Waals surface area contributed by atoms with Crippen LogP contribution in [0.2, 0.25) is 0 Å². The van der Waals surface area contributed by atoms with Crippen molar-refractivity contribution in [2.75, 3.05) is 68.6 Å². The van der Waals surface area contributed by atoms with Gasteiger partial charge in [-0.2, -0.15) is 0 Å². The molecule has 0 fully saturated rings. The van der Waals surface area contributed by atoms with E-state index in [0.29, 0.717) is 13.2 Å². The zero-order valence-corrected chi connectivity index (χ0v) is 35.1.